The number of hydrogen-bond donors (Lipinski definition) is 2. The van der Waals surface area contributed by atoms with Gasteiger partial charge in [0.25, 0.3) is 0 Å². The topological polar surface area (TPSA) is 98.0 Å². The fraction of sp³-hybridized carbons (Fsp3) is 0.150. The third-order valence-electron chi connectivity index (χ3n) is 4.58. The molecular weight excluding hydrogens is 377 g/mol. The molecule has 0 saturated carbocycles. The lowest BCUT2D eigenvalue weighted by Gasteiger charge is -2.07. The van der Waals surface area contributed by atoms with E-state index in [9.17, 15) is 14.3 Å². The molecular formula is C20H18FN5O3. The van der Waals surface area contributed by atoms with Gasteiger partial charge in [-0.2, -0.15) is 9.78 Å². The zero-order valence-electron chi connectivity index (χ0n) is 15.5. The molecule has 0 atom stereocenters. The molecule has 0 aliphatic heterocycles. The highest BCUT2D eigenvalue weighted by Gasteiger charge is 2.15. The van der Waals surface area contributed by atoms with Crippen LogP contribution in [0.25, 0.3) is 16.8 Å². The first-order valence-corrected chi connectivity index (χ1v) is 8.82. The summed E-state index contributed by atoms with van der Waals surface area (Å²) < 4.78 is 21.2. The van der Waals surface area contributed by atoms with E-state index in [-0.39, 0.29) is 18.1 Å². The molecule has 2 aromatic heterocycles. The lowest BCUT2D eigenvalue weighted by Crippen LogP contribution is -2.25. The molecule has 0 radical (unpaired) electrons. The molecule has 4 rings (SSSR count). The minimum absolute atomic E-state index is 0.0864. The van der Waals surface area contributed by atoms with E-state index in [0.29, 0.717) is 11.3 Å². The zero-order chi connectivity index (χ0) is 20.4. The van der Waals surface area contributed by atoms with E-state index >= 15 is 0 Å². The number of rotatable bonds is 6. The van der Waals surface area contributed by atoms with Crippen molar-refractivity contribution < 1.29 is 14.2 Å². The van der Waals surface area contributed by atoms with Gasteiger partial charge in [0.2, 0.25) is 0 Å². The van der Waals surface area contributed by atoms with E-state index in [1.807, 2.05) is 12.1 Å². The highest BCUT2D eigenvalue weighted by atomic mass is 19.1. The Morgan fingerprint density at radius 3 is 2.62 bits per heavy atom. The monoisotopic (exact) mass is 395 g/mol. The van der Waals surface area contributed by atoms with Crippen LogP contribution < -0.4 is 10.4 Å². The number of methoxy groups -OCH3 is 1. The maximum absolute atomic E-state index is 13.6. The number of ether oxygens (including phenoxy) is 1. The van der Waals surface area contributed by atoms with Gasteiger partial charge in [-0.25, -0.2) is 9.18 Å². The van der Waals surface area contributed by atoms with Gasteiger partial charge in [0.05, 0.1) is 25.5 Å². The SMILES string of the molecule is COc1cc(Cn2c(CO)nn(-c3ccc(-c4cn[nH]c4)cc3)c2=O)ccc1F. The first kappa shape index (κ1) is 18.6. The van der Waals surface area contributed by atoms with Crippen molar-refractivity contribution in [3.05, 3.63) is 82.5 Å². The molecule has 9 heteroatoms. The van der Waals surface area contributed by atoms with Gasteiger partial charge in [0.1, 0.15) is 6.61 Å². The second kappa shape index (κ2) is 7.72. The van der Waals surface area contributed by atoms with Crippen molar-refractivity contribution in [1.82, 2.24) is 24.5 Å². The fourth-order valence-electron chi connectivity index (χ4n) is 3.07. The smallest absolute Gasteiger partial charge is 0.351 e. The van der Waals surface area contributed by atoms with Crippen molar-refractivity contribution in [3.8, 4) is 22.6 Å². The fourth-order valence-corrected chi connectivity index (χ4v) is 3.07. The quantitative estimate of drug-likeness (QED) is 0.521. The van der Waals surface area contributed by atoms with Gasteiger partial charge >= 0.3 is 5.69 Å². The summed E-state index contributed by atoms with van der Waals surface area (Å²) in [6.07, 6.45) is 3.48. The number of benzene rings is 2. The highest BCUT2D eigenvalue weighted by Crippen LogP contribution is 2.20. The summed E-state index contributed by atoms with van der Waals surface area (Å²) in [5, 5.41) is 20.6. The van der Waals surface area contributed by atoms with Crippen molar-refractivity contribution in [2.24, 2.45) is 0 Å². The molecule has 4 aromatic rings. The Morgan fingerprint density at radius 2 is 1.97 bits per heavy atom. The van der Waals surface area contributed by atoms with Crippen molar-refractivity contribution in [2.45, 2.75) is 13.2 Å². The predicted molar refractivity (Wildman–Crippen MR) is 103 cm³/mol. The van der Waals surface area contributed by atoms with Gasteiger partial charge in [0.15, 0.2) is 17.4 Å². The Morgan fingerprint density at radius 1 is 1.17 bits per heavy atom. The number of aromatic amines is 1. The molecule has 0 amide bonds. The van der Waals surface area contributed by atoms with Crippen LogP contribution >= 0.6 is 0 Å². The Bertz CT molecular complexity index is 1180. The lowest BCUT2D eigenvalue weighted by molar-refractivity contribution is 0.265. The molecule has 0 spiro atoms. The molecule has 148 valence electrons. The van der Waals surface area contributed by atoms with Crippen LogP contribution in [0.4, 0.5) is 4.39 Å². The standard InChI is InChI=1S/C20H18FN5O3/c1-29-18-8-13(2-7-17(18)21)11-25-19(12-27)24-26(20(25)28)16-5-3-14(4-6-16)15-9-22-23-10-15/h2-10,27H,11-12H2,1H3,(H,22,23). The maximum Gasteiger partial charge on any atom is 0.351 e. The summed E-state index contributed by atoms with van der Waals surface area (Å²) in [5.74, 6) is -0.195. The Kier molecular flexibility index (Phi) is 4.96. The molecule has 0 aliphatic rings. The third-order valence-corrected chi connectivity index (χ3v) is 4.58. The summed E-state index contributed by atoms with van der Waals surface area (Å²) in [7, 11) is 1.37. The Hall–Kier alpha value is -3.72. The van der Waals surface area contributed by atoms with Gasteiger partial charge in [-0.3, -0.25) is 9.67 Å². The van der Waals surface area contributed by atoms with E-state index in [4.69, 9.17) is 4.74 Å². The van der Waals surface area contributed by atoms with Crippen molar-refractivity contribution >= 4 is 0 Å². The molecule has 0 fully saturated rings. The average Bonchev–Trinajstić information content (AvgIpc) is 3.39. The number of nitrogens with one attached hydrogen (secondary N) is 1. The number of H-pyrrole nitrogens is 1. The Balaban J connectivity index is 1.68. The predicted octanol–water partition coefficient (Wildman–Crippen LogP) is 2.11. The van der Waals surface area contributed by atoms with E-state index in [2.05, 4.69) is 15.3 Å². The molecule has 8 nitrogen and oxygen atoms in total. The van der Waals surface area contributed by atoms with E-state index in [1.54, 1.807) is 30.6 Å². The minimum atomic E-state index is -0.487. The molecule has 0 saturated heterocycles. The first-order valence-electron chi connectivity index (χ1n) is 8.82. The second-order valence-electron chi connectivity index (χ2n) is 6.36. The third kappa shape index (κ3) is 3.55. The summed E-state index contributed by atoms with van der Waals surface area (Å²) >= 11 is 0. The molecule has 2 aromatic carbocycles. The zero-order valence-corrected chi connectivity index (χ0v) is 15.5. The molecule has 2 heterocycles. The normalized spacial score (nSPS) is 11.0. The van der Waals surface area contributed by atoms with Gasteiger partial charge < -0.3 is 9.84 Å². The summed E-state index contributed by atoms with van der Waals surface area (Å²) in [6.45, 7) is -0.286. The number of hydrogen-bond acceptors (Lipinski definition) is 5. The van der Waals surface area contributed by atoms with Gasteiger partial charge in [0, 0.05) is 11.8 Å². The van der Waals surface area contributed by atoms with Crippen LogP contribution in [0.3, 0.4) is 0 Å². The minimum Gasteiger partial charge on any atom is -0.494 e. The number of nitrogens with zero attached hydrogens (tertiary/aromatic N) is 4. The van der Waals surface area contributed by atoms with Crippen LogP contribution in [0.5, 0.6) is 5.75 Å². The molecule has 29 heavy (non-hydrogen) atoms. The van der Waals surface area contributed by atoms with Crippen LogP contribution in [0.1, 0.15) is 11.4 Å². The van der Waals surface area contributed by atoms with Crippen molar-refractivity contribution in [3.63, 3.8) is 0 Å². The highest BCUT2D eigenvalue weighted by molar-refractivity contribution is 5.62. The van der Waals surface area contributed by atoms with Crippen molar-refractivity contribution in [2.75, 3.05) is 7.11 Å². The van der Waals surface area contributed by atoms with Crippen LogP contribution in [-0.4, -0.2) is 36.8 Å². The lowest BCUT2D eigenvalue weighted by atomic mass is 10.1. The van der Waals surface area contributed by atoms with Crippen LogP contribution in [-0.2, 0) is 13.2 Å². The van der Waals surface area contributed by atoms with Gasteiger partial charge in [-0.1, -0.05) is 18.2 Å². The Labute approximate surface area is 164 Å². The maximum atomic E-state index is 13.6. The summed E-state index contributed by atoms with van der Waals surface area (Å²) in [4.78, 5) is 12.9. The van der Waals surface area contributed by atoms with E-state index < -0.39 is 18.1 Å². The number of aromatic nitrogens is 5. The number of aliphatic hydroxyl groups excluding tert-OH is 1. The number of halogens is 1. The summed E-state index contributed by atoms with van der Waals surface area (Å²) in [6, 6.07) is 11.6. The molecule has 0 bridgehead atoms. The van der Waals surface area contributed by atoms with Crippen molar-refractivity contribution in [1.29, 1.82) is 0 Å². The summed E-state index contributed by atoms with van der Waals surface area (Å²) in [5.41, 5.74) is 2.67. The first-order chi connectivity index (χ1) is 14.1. The van der Waals surface area contributed by atoms with Gasteiger partial charge in [-0.15, -0.1) is 5.10 Å². The van der Waals surface area contributed by atoms with Crippen LogP contribution in [0.15, 0.2) is 59.7 Å². The van der Waals surface area contributed by atoms with E-state index in [1.165, 1.54) is 28.5 Å². The van der Waals surface area contributed by atoms with E-state index in [0.717, 1.165) is 11.1 Å². The average molecular weight is 395 g/mol. The van der Waals surface area contributed by atoms with Crippen LogP contribution in [0, 0.1) is 5.82 Å². The van der Waals surface area contributed by atoms with Gasteiger partial charge in [-0.05, 0) is 35.4 Å². The number of aliphatic hydroxyl groups is 1. The molecule has 0 aliphatic carbocycles. The largest absolute Gasteiger partial charge is 0.494 e. The second-order valence-corrected chi connectivity index (χ2v) is 6.36. The molecule has 0 unspecified atom stereocenters. The molecule has 2 N–H and O–H groups in total. The van der Waals surface area contributed by atoms with Crippen LogP contribution in [0.2, 0.25) is 0 Å².